The fraction of sp³-hybridized carbons (Fsp3) is 0.351. The lowest BCUT2D eigenvalue weighted by Crippen LogP contribution is -2.53. The molecule has 24 heteroatoms. The molecule has 6 rings (SSSR count). The maximum absolute atomic E-state index is 14.0. The molecule has 13 N–H and O–H groups in total. The Hall–Kier alpha value is -8.45. The number of carboxylic acid groups (broad SMARTS) is 3. The van der Waals surface area contributed by atoms with E-state index in [-0.39, 0.29) is 59.7 Å². The standard InChI is InChI=1S/C57H68N12O10S2/c1-34(66-68-56(80)60-42-15-5-3-6-16-42)46-31-41(32-47(62-46)35(2)67-69-57(81)61-43-17-7-4-8-18-43)50(72)59-33-36-20-24-39(25-21-36)51(73)63-48(30-37-22-23-38-13-9-10-14-40(38)29-37)52(74)58-28-12-11-19-44(53(75)76)64-55(79)65-45(54(77)78)26-27-49(70)71/h3-10,13-18,22-23,29,31-32,36,39,44-45,48,52,58,74H,11-12,19-21,24-28,30,33H2,1-2H3,(H,59,72)(H,63,73)(H,70,71)(H,75,76)(H,77,78)(H2,60,68,80)(H2,61,69,81)(H2,64,65,79)/b66-34+,67-35+/t36?,39?,44-,45-,48-,52?/m0/s1. The largest absolute Gasteiger partial charge is 0.481 e. The van der Waals surface area contributed by atoms with Gasteiger partial charge in [0.2, 0.25) is 5.91 Å². The summed E-state index contributed by atoms with van der Waals surface area (Å²) in [7, 11) is 0. The van der Waals surface area contributed by atoms with Crippen LogP contribution in [-0.2, 0) is 25.6 Å². The SMILES string of the molecule is C/C(=N\NC(=S)Nc1ccccc1)c1cc(C(=O)NCC2CCC(C(=O)N[C@@H](Cc3ccc4ccccc4c3)C(O)NCCCC[C@H](NC(=O)N[C@@H](CCC(=O)O)C(=O)O)C(=O)O)CC2)cc(/C(C)=N/NC(=S)Nc2ccccc2)n1. The van der Waals surface area contributed by atoms with E-state index in [1.54, 1.807) is 26.0 Å². The lowest BCUT2D eigenvalue weighted by molar-refractivity contribution is -0.141. The number of hydrogen-bond donors (Lipinski definition) is 13. The molecule has 81 heavy (non-hydrogen) atoms. The molecule has 22 nitrogen and oxygen atoms in total. The molecule has 1 aliphatic carbocycles. The smallest absolute Gasteiger partial charge is 0.326 e. The Morgan fingerprint density at radius 3 is 1.75 bits per heavy atom. The van der Waals surface area contributed by atoms with E-state index in [0.717, 1.165) is 27.7 Å². The van der Waals surface area contributed by atoms with Crippen LogP contribution in [0, 0.1) is 11.8 Å². The van der Waals surface area contributed by atoms with E-state index >= 15 is 0 Å². The first-order chi connectivity index (χ1) is 38.9. The number of aliphatic hydroxyl groups excluding tert-OH is 1. The van der Waals surface area contributed by atoms with Crippen molar-refractivity contribution in [2.24, 2.45) is 22.0 Å². The first-order valence-corrected chi connectivity index (χ1v) is 27.3. The highest BCUT2D eigenvalue weighted by Gasteiger charge is 2.31. The monoisotopic (exact) mass is 1140 g/mol. The summed E-state index contributed by atoms with van der Waals surface area (Å²) in [6, 6.07) is 31.1. The van der Waals surface area contributed by atoms with Crippen molar-refractivity contribution in [2.75, 3.05) is 23.7 Å². The molecule has 4 aromatic carbocycles. The first-order valence-electron chi connectivity index (χ1n) is 26.5. The predicted octanol–water partition coefficient (Wildman–Crippen LogP) is 6.07. The summed E-state index contributed by atoms with van der Waals surface area (Å²) < 4.78 is 0. The number of aliphatic hydroxyl groups is 1. The summed E-state index contributed by atoms with van der Waals surface area (Å²) in [5.74, 6) is -4.90. The van der Waals surface area contributed by atoms with Crippen LogP contribution in [0.15, 0.2) is 125 Å². The fourth-order valence-corrected chi connectivity index (χ4v) is 9.24. The van der Waals surface area contributed by atoms with Gasteiger partial charge in [0.15, 0.2) is 10.2 Å². The van der Waals surface area contributed by atoms with Crippen molar-refractivity contribution >= 4 is 104 Å². The zero-order valence-electron chi connectivity index (χ0n) is 44.8. The second kappa shape index (κ2) is 31.4. The molecule has 1 aromatic heterocycles. The minimum absolute atomic E-state index is 0.0306. The highest BCUT2D eigenvalue weighted by atomic mass is 32.1. The summed E-state index contributed by atoms with van der Waals surface area (Å²) in [5, 5.41) is 70.7. The zero-order chi connectivity index (χ0) is 58.3. The molecular formula is C57H68N12O10S2. The number of anilines is 2. The van der Waals surface area contributed by atoms with Crippen molar-refractivity contribution in [3.8, 4) is 0 Å². The van der Waals surface area contributed by atoms with Gasteiger partial charge in [-0.3, -0.25) is 30.6 Å². The van der Waals surface area contributed by atoms with E-state index < -0.39 is 61.1 Å². The van der Waals surface area contributed by atoms with Crippen LogP contribution in [-0.4, -0.2) is 120 Å². The quantitative estimate of drug-likeness (QED) is 0.00933. The molecule has 4 atom stereocenters. The molecule has 0 radical (unpaired) electrons. The van der Waals surface area contributed by atoms with Gasteiger partial charge < -0.3 is 52.3 Å². The van der Waals surface area contributed by atoms with E-state index in [0.29, 0.717) is 67.0 Å². The molecular weight excluding hydrogens is 1080 g/mol. The van der Waals surface area contributed by atoms with Gasteiger partial charge in [-0.2, -0.15) is 10.2 Å². The first kappa shape index (κ1) is 61.8. The number of nitrogens with zero attached hydrogens (tertiary/aromatic N) is 3. The number of aliphatic carboxylic acids is 3. The Labute approximate surface area is 479 Å². The average Bonchev–Trinajstić information content (AvgIpc) is 3.46. The molecule has 0 saturated heterocycles. The number of hydrogen-bond acceptors (Lipinski definition) is 13. The van der Waals surface area contributed by atoms with Gasteiger partial charge in [0, 0.05) is 35.8 Å². The molecule has 1 unspecified atom stereocenters. The Balaban J connectivity index is 1.05. The van der Waals surface area contributed by atoms with Gasteiger partial charge in [0.05, 0.1) is 28.9 Å². The summed E-state index contributed by atoms with van der Waals surface area (Å²) in [4.78, 5) is 79.7. The highest BCUT2D eigenvalue weighted by Crippen LogP contribution is 2.29. The Morgan fingerprint density at radius 1 is 0.654 bits per heavy atom. The number of urea groups is 1. The number of rotatable bonds is 27. The number of benzene rings is 4. The van der Waals surface area contributed by atoms with Crippen molar-refractivity contribution in [1.82, 2.24) is 42.4 Å². The van der Waals surface area contributed by atoms with Crippen molar-refractivity contribution in [2.45, 2.75) is 102 Å². The van der Waals surface area contributed by atoms with E-state index in [1.807, 2.05) is 103 Å². The van der Waals surface area contributed by atoms with Crippen LogP contribution in [0.4, 0.5) is 16.2 Å². The minimum atomic E-state index is -1.53. The molecule has 4 amide bonds. The Morgan fingerprint density at radius 2 is 1.20 bits per heavy atom. The van der Waals surface area contributed by atoms with Gasteiger partial charge in [0.1, 0.15) is 18.3 Å². The lowest BCUT2D eigenvalue weighted by atomic mass is 9.81. The summed E-state index contributed by atoms with van der Waals surface area (Å²) in [5.41, 5.74) is 10.1. The molecule has 0 aliphatic heterocycles. The third-order valence-corrected chi connectivity index (χ3v) is 13.8. The molecule has 5 aromatic rings. The molecule has 1 aliphatic rings. The second-order valence-electron chi connectivity index (χ2n) is 19.5. The molecule has 428 valence electrons. The molecule has 0 bridgehead atoms. The second-order valence-corrected chi connectivity index (χ2v) is 20.4. The summed E-state index contributed by atoms with van der Waals surface area (Å²) >= 11 is 10.9. The average molecular weight is 1150 g/mol. The number of carboxylic acids is 3. The number of pyridine rings is 1. The van der Waals surface area contributed by atoms with Crippen molar-refractivity contribution < 1.29 is 49.2 Å². The third kappa shape index (κ3) is 20.6. The minimum Gasteiger partial charge on any atom is -0.481 e. The molecule has 1 fully saturated rings. The maximum Gasteiger partial charge on any atom is 0.326 e. The fourth-order valence-electron chi connectivity index (χ4n) is 8.91. The number of thiocarbonyl (C=S) groups is 2. The Kier molecular flexibility index (Phi) is 23.9. The number of fused-ring (bicyclic) bond motifs is 1. The molecule has 1 saturated carbocycles. The number of hydrazone groups is 2. The zero-order valence-corrected chi connectivity index (χ0v) is 46.4. The molecule has 0 spiro atoms. The van der Waals surface area contributed by atoms with Gasteiger partial charge in [-0.15, -0.1) is 0 Å². The van der Waals surface area contributed by atoms with Gasteiger partial charge in [-0.05, 0) is 161 Å². The van der Waals surface area contributed by atoms with Crippen LogP contribution in [0.25, 0.3) is 10.8 Å². The molecule has 1 heterocycles. The highest BCUT2D eigenvalue weighted by molar-refractivity contribution is 7.80. The van der Waals surface area contributed by atoms with Gasteiger partial charge >= 0.3 is 23.9 Å². The third-order valence-electron chi connectivity index (χ3n) is 13.4. The topological polar surface area (TPSA) is 329 Å². The van der Waals surface area contributed by atoms with Crippen molar-refractivity contribution in [3.05, 3.63) is 138 Å². The van der Waals surface area contributed by atoms with Crippen molar-refractivity contribution in [1.29, 1.82) is 0 Å². The van der Waals surface area contributed by atoms with Gasteiger partial charge in [0.25, 0.3) is 5.91 Å². The van der Waals surface area contributed by atoms with Crippen LogP contribution >= 0.6 is 24.4 Å². The van der Waals surface area contributed by atoms with Crippen LogP contribution < -0.4 is 48.1 Å². The number of aromatic nitrogens is 1. The van der Waals surface area contributed by atoms with Crippen LogP contribution in [0.3, 0.4) is 0 Å². The Bertz CT molecular complexity index is 2980. The van der Waals surface area contributed by atoms with Crippen LogP contribution in [0.5, 0.6) is 0 Å². The van der Waals surface area contributed by atoms with E-state index in [9.17, 15) is 44.1 Å². The van der Waals surface area contributed by atoms with Crippen LogP contribution in [0.2, 0.25) is 0 Å². The number of carbonyl (C=O) groups is 6. The lowest BCUT2D eigenvalue weighted by Gasteiger charge is -2.31. The summed E-state index contributed by atoms with van der Waals surface area (Å²) in [6.07, 6.45) is 1.19. The van der Waals surface area contributed by atoms with Gasteiger partial charge in [-0.1, -0.05) is 78.9 Å². The van der Waals surface area contributed by atoms with E-state index in [4.69, 9.17) is 34.5 Å². The maximum atomic E-state index is 14.0. The van der Waals surface area contributed by atoms with Crippen LogP contribution in [0.1, 0.15) is 98.9 Å². The number of amides is 4. The van der Waals surface area contributed by atoms with E-state index in [1.165, 1.54) is 0 Å². The number of nitrogens with one attached hydrogen (secondary N) is 9. The number of para-hydroxylation sites is 2. The number of unbranched alkanes of at least 4 members (excludes halogenated alkanes) is 1. The van der Waals surface area contributed by atoms with Crippen molar-refractivity contribution in [3.63, 3.8) is 0 Å². The van der Waals surface area contributed by atoms with Gasteiger partial charge in [-0.25, -0.2) is 19.4 Å². The van der Waals surface area contributed by atoms with E-state index in [2.05, 4.69) is 58.3 Å². The summed E-state index contributed by atoms with van der Waals surface area (Å²) in [6.45, 7) is 4.05. The predicted molar refractivity (Wildman–Crippen MR) is 317 cm³/mol. The number of carbonyl (C=O) groups excluding carboxylic acids is 3. The normalized spacial score (nSPS) is 15.8.